The maximum atomic E-state index is 12.8. The van der Waals surface area contributed by atoms with Crippen molar-refractivity contribution in [2.75, 3.05) is 18.0 Å². The first-order valence-electron chi connectivity index (χ1n) is 11.5. The number of furan rings is 1. The largest absolute Gasteiger partial charge is 0.464 e. The fourth-order valence-electron chi connectivity index (χ4n) is 4.28. The minimum atomic E-state index is -0.0535. The summed E-state index contributed by atoms with van der Waals surface area (Å²) in [4.78, 5) is 19.5. The molecule has 3 aromatic heterocycles. The summed E-state index contributed by atoms with van der Waals surface area (Å²) >= 11 is 0. The van der Waals surface area contributed by atoms with Gasteiger partial charge in [0.05, 0.1) is 12.0 Å². The van der Waals surface area contributed by atoms with Crippen molar-refractivity contribution in [1.82, 2.24) is 30.5 Å². The Morgan fingerprint density at radius 2 is 1.97 bits per heavy atom. The number of rotatable bonds is 7. The highest BCUT2D eigenvalue weighted by molar-refractivity contribution is 5.96. The lowest BCUT2D eigenvalue weighted by molar-refractivity contribution is 0.0931. The second kappa shape index (κ2) is 9.40. The summed E-state index contributed by atoms with van der Waals surface area (Å²) < 4.78 is 7.34. The van der Waals surface area contributed by atoms with E-state index in [0.29, 0.717) is 5.56 Å². The monoisotopic (exact) mass is 445 g/mol. The minimum Gasteiger partial charge on any atom is -0.464 e. The second-order valence-corrected chi connectivity index (χ2v) is 8.36. The number of piperidine rings is 1. The summed E-state index contributed by atoms with van der Waals surface area (Å²) in [6.45, 7) is 4.62. The third kappa shape index (κ3) is 4.44. The Balaban J connectivity index is 1.19. The first-order valence-corrected chi connectivity index (χ1v) is 11.5. The van der Waals surface area contributed by atoms with E-state index < -0.39 is 0 Å². The van der Waals surface area contributed by atoms with Gasteiger partial charge in [-0.05, 0) is 54.0 Å². The molecule has 0 aliphatic carbocycles. The molecule has 170 valence electrons. The molecular weight excluding hydrogens is 418 g/mol. The maximum absolute atomic E-state index is 12.8. The first kappa shape index (κ1) is 21.1. The Bertz CT molecular complexity index is 1220. The van der Waals surface area contributed by atoms with Crippen molar-refractivity contribution >= 4 is 22.8 Å². The number of hydrogen-bond acceptors (Lipinski definition) is 7. The van der Waals surface area contributed by atoms with Gasteiger partial charge in [0.2, 0.25) is 5.95 Å². The van der Waals surface area contributed by atoms with Crippen LogP contribution >= 0.6 is 0 Å². The topological polar surface area (TPSA) is 102 Å². The SMILES string of the molecule is CCCCn1nnnc1N1CCC(NC(=O)c2ccc(-c3nccc4occc34)cc2)CC1. The molecule has 0 saturated carbocycles. The number of nitrogens with one attached hydrogen (secondary N) is 1. The number of carbonyl (C=O) groups excluding carboxylic acids is 1. The highest BCUT2D eigenvalue weighted by Crippen LogP contribution is 2.27. The molecule has 0 atom stereocenters. The van der Waals surface area contributed by atoms with Gasteiger partial charge in [-0.2, -0.15) is 0 Å². The van der Waals surface area contributed by atoms with Gasteiger partial charge in [0, 0.05) is 48.4 Å². The first-order chi connectivity index (χ1) is 16.2. The number of amides is 1. The van der Waals surface area contributed by atoms with Gasteiger partial charge >= 0.3 is 0 Å². The molecule has 0 radical (unpaired) electrons. The number of unbranched alkanes of at least 4 members (excludes halogenated alkanes) is 1. The van der Waals surface area contributed by atoms with Crippen LogP contribution < -0.4 is 10.2 Å². The summed E-state index contributed by atoms with van der Waals surface area (Å²) in [5, 5.41) is 16.3. The highest BCUT2D eigenvalue weighted by Gasteiger charge is 2.24. The molecule has 1 aromatic carbocycles. The summed E-state index contributed by atoms with van der Waals surface area (Å²) in [6.07, 6.45) is 7.26. The van der Waals surface area contributed by atoms with E-state index in [-0.39, 0.29) is 11.9 Å². The van der Waals surface area contributed by atoms with Crippen molar-refractivity contribution in [2.45, 2.75) is 45.2 Å². The van der Waals surface area contributed by atoms with Gasteiger partial charge in [-0.25, -0.2) is 4.68 Å². The lowest BCUT2D eigenvalue weighted by Crippen LogP contribution is -2.45. The van der Waals surface area contributed by atoms with Crippen LogP contribution in [0.1, 0.15) is 43.0 Å². The molecule has 33 heavy (non-hydrogen) atoms. The van der Waals surface area contributed by atoms with E-state index in [9.17, 15) is 4.79 Å². The van der Waals surface area contributed by atoms with E-state index in [1.54, 1.807) is 12.5 Å². The maximum Gasteiger partial charge on any atom is 0.251 e. The molecule has 1 fully saturated rings. The lowest BCUT2D eigenvalue weighted by Gasteiger charge is -2.32. The molecule has 1 N–H and O–H groups in total. The van der Waals surface area contributed by atoms with Crippen LogP contribution in [0, 0.1) is 0 Å². The highest BCUT2D eigenvalue weighted by atomic mass is 16.3. The van der Waals surface area contributed by atoms with Gasteiger partial charge < -0.3 is 14.6 Å². The van der Waals surface area contributed by atoms with Gasteiger partial charge in [0.25, 0.3) is 5.91 Å². The quantitative estimate of drug-likeness (QED) is 0.463. The smallest absolute Gasteiger partial charge is 0.251 e. The molecule has 1 amide bonds. The number of aryl methyl sites for hydroxylation is 1. The molecule has 0 bridgehead atoms. The lowest BCUT2D eigenvalue weighted by atomic mass is 10.0. The molecule has 1 aliphatic rings. The number of nitrogens with zero attached hydrogens (tertiary/aromatic N) is 6. The number of carbonyl (C=O) groups is 1. The number of pyridine rings is 1. The number of benzene rings is 1. The number of fused-ring (bicyclic) bond motifs is 1. The van der Waals surface area contributed by atoms with Crippen molar-refractivity contribution < 1.29 is 9.21 Å². The number of anilines is 1. The van der Waals surface area contributed by atoms with E-state index in [2.05, 4.69) is 37.6 Å². The summed E-state index contributed by atoms with van der Waals surface area (Å²) in [5.74, 6) is 0.771. The second-order valence-electron chi connectivity index (χ2n) is 8.36. The molecule has 1 saturated heterocycles. The zero-order valence-corrected chi connectivity index (χ0v) is 18.6. The Kier molecular flexibility index (Phi) is 6.01. The minimum absolute atomic E-state index is 0.0535. The molecular formula is C24H27N7O2. The standard InChI is InChI=1S/C24H27N7O2/c1-2-3-13-31-24(27-28-29-31)30-14-9-19(10-15-30)26-23(32)18-6-4-17(5-7-18)22-20-11-16-33-21(20)8-12-25-22/h4-8,11-12,16,19H,2-3,9-10,13-15H2,1H3,(H,26,32). The molecule has 4 aromatic rings. The fourth-order valence-corrected chi connectivity index (χ4v) is 4.28. The van der Waals surface area contributed by atoms with Crippen LogP contribution in [0.2, 0.25) is 0 Å². The average Bonchev–Trinajstić information content (AvgIpc) is 3.53. The van der Waals surface area contributed by atoms with Crippen molar-refractivity contribution in [3.8, 4) is 11.3 Å². The molecule has 1 aliphatic heterocycles. The van der Waals surface area contributed by atoms with Crippen LogP contribution in [0.3, 0.4) is 0 Å². The summed E-state index contributed by atoms with van der Waals surface area (Å²) in [7, 11) is 0. The van der Waals surface area contributed by atoms with Crippen LogP contribution in [0.25, 0.3) is 22.2 Å². The number of hydrogen-bond donors (Lipinski definition) is 1. The van der Waals surface area contributed by atoms with E-state index in [4.69, 9.17) is 4.42 Å². The van der Waals surface area contributed by atoms with Crippen LogP contribution in [-0.4, -0.2) is 50.2 Å². The van der Waals surface area contributed by atoms with Crippen LogP contribution in [0.4, 0.5) is 5.95 Å². The van der Waals surface area contributed by atoms with E-state index in [1.807, 2.05) is 41.1 Å². The third-order valence-corrected chi connectivity index (χ3v) is 6.15. The third-order valence-electron chi connectivity index (χ3n) is 6.15. The van der Waals surface area contributed by atoms with E-state index >= 15 is 0 Å². The van der Waals surface area contributed by atoms with Crippen molar-refractivity contribution in [1.29, 1.82) is 0 Å². The van der Waals surface area contributed by atoms with E-state index in [0.717, 1.165) is 73.5 Å². The van der Waals surface area contributed by atoms with Crippen molar-refractivity contribution in [3.63, 3.8) is 0 Å². The van der Waals surface area contributed by atoms with Crippen LogP contribution in [0.15, 0.2) is 53.3 Å². The molecule has 0 unspecified atom stereocenters. The Morgan fingerprint density at radius 1 is 1.15 bits per heavy atom. The van der Waals surface area contributed by atoms with Gasteiger partial charge in [0.1, 0.15) is 5.58 Å². The van der Waals surface area contributed by atoms with Gasteiger partial charge in [-0.1, -0.05) is 30.6 Å². The fraction of sp³-hybridized carbons (Fsp3) is 0.375. The molecule has 5 rings (SSSR count). The summed E-state index contributed by atoms with van der Waals surface area (Å²) in [5.41, 5.74) is 3.24. The van der Waals surface area contributed by atoms with Gasteiger partial charge in [-0.3, -0.25) is 9.78 Å². The molecule has 9 nitrogen and oxygen atoms in total. The summed E-state index contributed by atoms with van der Waals surface area (Å²) in [6, 6.07) is 11.5. The Morgan fingerprint density at radius 3 is 2.76 bits per heavy atom. The Labute approximate surface area is 191 Å². The van der Waals surface area contributed by atoms with Crippen LogP contribution in [-0.2, 0) is 6.54 Å². The molecule has 9 heteroatoms. The van der Waals surface area contributed by atoms with Gasteiger partial charge in [0.15, 0.2) is 0 Å². The predicted molar refractivity (Wildman–Crippen MR) is 125 cm³/mol. The molecule has 4 heterocycles. The van der Waals surface area contributed by atoms with Gasteiger partial charge in [-0.15, -0.1) is 0 Å². The average molecular weight is 446 g/mol. The zero-order valence-electron chi connectivity index (χ0n) is 18.6. The zero-order chi connectivity index (χ0) is 22.6. The normalized spacial score (nSPS) is 14.6. The van der Waals surface area contributed by atoms with Crippen molar-refractivity contribution in [2.24, 2.45) is 0 Å². The molecule has 0 spiro atoms. The van der Waals surface area contributed by atoms with E-state index in [1.165, 1.54) is 0 Å². The predicted octanol–water partition coefficient (Wildman–Crippen LogP) is 3.68. The van der Waals surface area contributed by atoms with Crippen molar-refractivity contribution in [3.05, 3.63) is 54.4 Å². The Hall–Kier alpha value is -3.75. The number of tetrazole rings is 1. The van der Waals surface area contributed by atoms with Crippen LogP contribution in [0.5, 0.6) is 0 Å². The number of aromatic nitrogens is 5.